The molecule has 1 heterocycles. The van der Waals surface area contributed by atoms with Crippen LogP contribution in [-0.2, 0) is 11.2 Å². The number of amides is 1. The van der Waals surface area contributed by atoms with Gasteiger partial charge in [-0.3, -0.25) is 4.79 Å². The van der Waals surface area contributed by atoms with Crippen LogP contribution in [-0.4, -0.2) is 21.9 Å². The molecule has 0 fully saturated rings. The van der Waals surface area contributed by atoms with Crippen molar-refractivity contribution in [2.45, 2.75) is 11.6 Å². The molecular weight excluding hydrogens is 470 g/mol. The second-order valence-electron chi connectivity index (χ2n) is 5.11. The number of thioether (sulfide) groups is 1. The molecule has 0 unspecified atom stereocenters. The molecule has 0 aliphatic heterocycles. The van der Waals surface area contributed by atoms with Gasteiger partial charge in [0.15, 0.2) is 0 Å². The van der Waals surface area contributed by atoms with Crippen molar-refractivity contribution < 1.29 is 9.21 Å². The molecule has 8 heteroatoms. The fourth-order valence-corrected chi connectivity index (χ4v) is 3.11. The zero-order valence-corrected chi connectivity index (χ0v) is 16.9. The smallest absolute Gasteiger partial charge is 0.277 e. The van der Waals surface area contributed by atoms with Crippen LogP contribution in [0.4, 0.5) is 5.69 Å². The van der Waals surface area contributed by atoms with E-state index in [9.17, 15) is 4.79 Å². The molecule has 5 nitrogen and oxygen atoms in total. The molecule has 1 amide bonds. The highest BCUT2D eigenvalue weighted by molar-refractivity contribution is 9.10. The van der Waals surface area contributed by atoms with Gasteiger partial charge in [-0.1, -0.05) is 55.8 Å². The van der Waals surface area contributed by atoms with E-state index < -0.39 is 0 Å². The van der Waals surface area contributed by atoms with Crippen molar-refractivity contribution in [1.82, 2.24) is 10.2 Å². The molecule has 25 heavy (non-hydrogen) atoms. The first-order valence-electron chi connectivity index (χ1n) is 7.33. The Bertz CT molecular complexity index is 851. The fraction of sp³-hybridized carbons (Fsp3) is 0.118. The van der Waals surface area contributed by atoms with Gasteiger partial charge >= 0.3 is 0 Å². The third-order valence-corrected chi connectivity index (χ3v) is 5.05. The summed E-state index contributed by atoms with van der Waals surface area (Å²) in [6.45, 7) is 0. The Morgan fingerprint density at radius 3 is 2.32 bits per heavy atom. The maximum absolute atomic E-state index is 12.0. The molecule has 0 bridgehead atoms. The third kappa shape index (κ3) is 5.69. The highest BCUT2D eigenvalue weighted by Gasteiger charge is 2.10. The zero-order valence-electron chi connectivity index (χ0n) is 12.9. The second kappa shape index (κ2) is 8.64. The summed E-state index contributed by atoms with van der Waals surface area (Å²) in [5.41, 5.74) is 1.83. The van der Waals surface area contributed by atoms with Crippen LogP contribution in [0.25, 0.3) is 0 Å². The molecule has 0 radical (unpaired) electrons. The molecule has 0 atom stereocenters. The normalized spacial score (nSPS) is 10.6. The third-order valence-electron chi connectivity index (χ3n) is 3.17. The van der Waals surface area contributed by atoms with Crippen LogP contribution in [0.2, 0.25) is 0 Å². The Balaban J connectivity index is 1.50. The number of nitrogens with zero attached hydrogens (tertiary/aromatic N) is 2. The monoisotopic (exact) mass is 481 g/mol. The van der Waals surface area contributed by atoms with E-state index in [0.717, 1.165) is 20.2 Å². The predicted octanol–water partition coefficient (Wildman–Crippen LogP) is 4.92. The quantitative estimate of drug-likeness (QED) is 0.505. The number of aromatic nitrogens is 2. The lowest BCUT2D eigenvalue weighted by molar-refractivity contribution is -0.113. The maximum Gasteiger partial charge on any atom is 0.277 e. The number of carbonyl (C=O) groups is 1. The Hall–Kier alpha value is -1.64. The summed E-state index contributed by atoms with van der Waals surface area (Å²) >= 11 is 7.97. The van der Waals surface area contributed by atoms with Gasteiger partial charge < -0.3 is 9.73 Å². The first-order valence-corrected chi connectivity index (χ1v) is 9.91. The maximum atomic E-state index is 12.0. The van der Waals surface area contributed by atoms with Crippen molar-refractivity contribution in [2.24, 2.45) is 0 Å². The lowest BCUT2D eigenvalue weighted by atomic mass is 10.2. The van der Waals surface area contributed by atoms with Crippen molar-refractivity contribution in [1.29, 1.82) is 0 Å². The van der Waals surface area contributed by atoms with E-state index in [0.29, 0.717) is 17.5 Å². The summed E-state index contributed by atoms with van der Waals surface area (Å²) in [5, 5.41) is 11.2. The van der Waals surface area contributed by atoms with Crippen LogP contribution in [0.15, 0.2) is 67.1 Å². The summed E-state index contributed by atoms with van der Waals surface area (Å²) in [7, 11) is 0. The topological polar surface area (TPSA) is 68.0 Å². The SMILES string of the molecule is O=C(CSc1nnc(Cc2ccc(Br)cc2)o1)Nc1ccc(Br)cc1. The van der Waals surface area contributed by atoms with Gasteiger partial charge in [-0.25, -0.2) is 0 Å². The Kier molecular flexibility index (Phi) is 6.28. The van der Waals surface area contributed by atoms with Gasteiger partial charge in [0.05, 0.1) is 12.2 Å². The highest BCUT2D eigenvalue weighted by Crippen LogP contribution is 2.20. The Morgan fingerprint density at radius 2 is 1.64 bits per heavy atom. The number of halogens is 2. The molecule has 0 saturated carbocycles. The largest absolute Gasteiger partial charge is 0.416 e. The van der Waals surface area contributed by atoms with Crippen molar-refractivity contribution in [3.8, 4) is 0 Å². The molecule has 3 rings (SSSR count). The average molecular weight is 483 g/mol. The molecular formula is C17H13Br2N3O2S. The van der Waals surface area contributed by atoms with Gasteiger partial charge in [0.25, 0.3) is 5.22 Å². The fourth-order valence-electron chi connectivity index (χ4n) is 2.00. The second-order valence-corrected chi connectivity index (χ2v) is 7.87. The number of benzene rings is 2. The number of hydrogen-bond donors (Lipinski definition) is 1. The van der Waals surface area contributed by atoms with Crippen LogP contribution in [0.3, 0.4) is 0 Å². The van der Waals surface area contributed by atoms with E-state index in [1.807, 2.05) is 48.5 Å². The van der Waals surface area contributed by atoms with E-state index in [2.05, 4.69) is 47.4 Å². The van der Waals surface area contributed by atoms with E-state index in [1.165, 1.54) is 11.8 Å². The zero-order chi connectivity index (χ0) is 17.6. The van der Waals surface area contributed by atoms with Crippen molar-refractivity contribution >= 4 is 55.2 Å². The summed E-state index contributed by atoms with van der Waals surface area (Å²) in [6, 6.07) is 15.3. The number of hydrogen-bond acceptors (Lipinski definition) is 5. The summed E-state index contributed by atoms with van der Waals surface area (Å²) < 4.78 is 7.56. The van der Waals surface area contributed by atoms with Gasteiger partial charge in [0.1, 0.15) is 0 Å². The van der Waals surface area contributed by atoms with Gasteiger partial charge in [-0.05, 0) is 42.0 Å². The van der Waals surface area contributed by atoms with Gasteiger partial charge in [-0.2, -0.15) is 0 Å². The average Bonchev–Trinajstić information content (AvgIpc) is 3.05. The van der Waals surface area contributed by atoms with Crippen molar-refractivity contribution in [3.05, 3.63) is 68.9 Å². The molecule has 0 aliphatic carbocycles. The van der Waals surface area contributed by atoms with Gasteiger partial charge in [0.2, 0.25) is 11.8 Å². The summed E-state index contributed by atoms with van der Waals surface area (Å²) in [5.74, 6) is 0.605. The minimum atomic E-state index is -0.125. The first-order chi connectivity index (χ1) is 12.1. The van der Waals surface area contributed by atoms with E-state index in [-0.39, 0.29) is 11.7 Å². The van der Waals surface area contributed by atoms with Crippen LogP contribution in [0.5, 0.6) is 0 Å². The summed E-state index contributed by atoms with van der Waals surface area (Å²) in [6.07, 6.45) is 0.561. The number of carbonyl (C=O) groups excluding carboxylic acids is 1. The van der Waals surface area contributed by atoms with Crippen LogP contribution in [0, 0.1) is 0 Å². The van der Waals surface area contributed by atoms with Crippen LogP contribution >= 0.6 is 43.6 Å². The van der Waals surface area contributed by atoms with Gasteiger partial charge in [-0.15, -0.1) is 10.2 Å². The lowest BCUT2D eigenvalue weighted by Crippen LogP contribution is -2.13. The molecule has 128 valence electrons. The first kappa shape index (κ1) is 18.2. The van der Waals surface area contributed by atoms with E-state index >= 15 is 0 Å². The number of nitrogens with one attached hydrogen (secondary N) is 1. The minimum absolute atomic E-state index is 0.125. The number of anilines is 1. The standard InChI is InChI=1S/C17H13Br2N3O2S/c18-12-3-1-11(2-4-12)9-16-21-22-17(24-16)25-10-15(23)20-14-7-5-13(19)6-8-14/h1-8H,9-10H2,(H,20,23). The lowest BCUT2D eigenvalue weighted by Gasteiger charge is -2.03. The molecule has 3 aromatic rings. The van der Waals surface area contributed by atoms with Gasteiger partial charge in [0, 0.05) is 14.6 Å². The van der Waals surface area contributed by atoms with E-state index in [1.54, 1.807) is 0 Å². The molecule has 1 N–H and O–H groups in total. The Morgan fingerprint density at radius 1 is 1.00 bits per heavy atom. The minimum Gasteiger partial charge on any atom is -0.416 e. The van der Waals surface area contributed by atoms with Crippen molar-refractivity contribution in [2.75, 3.05) is 11.1 Å². The summed E-state index contributed by atoms with van der Waals surface area (Å²) in [4.78, 5) is 12.0. The molecule has 0 spiro atoms. The predicted molar refractivity (Wildman–Crippen MR) is 105 cm³/mol. The Labute approximate surface area is 165 Å². The van der Waals surface area contributed by atoms with Crippen molar-refractivity contribution in [3.63, 3.8) is 0 Å². The number of rotatable bonds is 6. The molecule has 1 aromatic heterocycles. The molecule has 0 aliphatic rings. The van der Waals surface area contributed by atoms with Crippen LogP contribution < -0.4 is 5.32 Å². The van der Waals surface area contributed by atoms with E-state index in [4.69, 9.17) is 4.42 Å². The van der Waals surface area contributed by atoms with Crippen LogP contribution in [0.1, 0.15) is 11.5 Å². The molecule has 2 aromatic carbocycles. The highest BCUT2D eigenvalue weighted by atomic mass is 79.9. The molecule has 0 saturated heterocycles.